The van der Waals surface area contributed by atoms with E-state index in [1.54, 1.807) is 14.2 Å². The summed E-state index contributed by atoms with van der Waals surface area (Å²) in [5, 5.41) is 0.720. The Morgan fingerprint density at radius 2 is 1.53 bits per heavy atom. The predicted molar refractivity (Wildman–Crippen MR) is 70.0 cm³/mol. The Morgan fingerprint density at radius 1 is 0.824 bits per heavy atom. The summed E-state index contributed by atoms with van der Waals surface area (Å²) in [5.74, 6) is 1.43. The average Bonchev–Trinajstić information content (AvgIpc) is 2.38. The molecular formula is C14H13ClO2. The SMILES string of the molecule is COc1ccc(-c2cccc(Cl)c2)cc1OC. The van der Waals surface area contributed by atoms with E-state index in [1.807, 2.05) is 42.5 Å². The van der Waals surface area contributed by atoms with Crippen LogP contribution in [0.4, 0.5) is 0 Å². The topological polar surface area (TPSA) is 18.5 Å². The Hall–Kier alpha value is -1.67. The number of benzene rings is 2. The molecule has 0 saturated heterocycles. The first-order valence-electron chi connectivity index (χ1n) is 5.22. The predicted octanol–water partition coefficient (Wildman–Crippen LogP) is 4.02. The van der Waals surface area contributed by atoms with Crippen LogP contribution in [0.15, 0.2) is 42.5 Å². The number of hydrogen-bond acceptors (Lipinski definition) is 2. The lowest BCUT2D eigenvalue weighted by molar-refractivity contribution is 0.355. The Bertz CT molecular complexity index is 523. The number of rotatable bonds is 3. The van der Waals surface area contributed by atoms with Gasteiger partial charge in [-0.1, -0.05) is 29.8 Å². The van der Waals surface area contributed by atoms with Crippen molar-refractivity contribution in [1.29, 1.82) is 0 Å². The summed E-state index contributed by atoms with van der Waals surface area (Å²) in [6.07, 6.45) is 0. The largest absolute Gasteiger partial charge is 0.493 e. The maximum Gasteiger partial charge on any atom is 0.161 e. The molecule has 0 aliphatic carbocycles. The molecule has 0 heterocycles. The van der Waals surface area contributed by atoms with E-state index in [0.29, 0.717) is 5.75 Å². The molecule has 88 valence electrons. The number of hydrogen-bond donors (Lipinski definition) is 0. The van der Waals surface area contributed by atoms with E-state index in [2.05, 4.69) is 0 Å². The van der Waals surface area contributed by atoms with Gasteiger partial charge in [-0.3, -0.25) is 0 Å². The fourth-order valence-corrected chi connectivity index (χ4v) is 1.87. The molecule has 0 saturated carbocycles. The summed E-state index contributed by atoms with van der Waals surface area (Å²) >= 11 is 5.97. The molecule has 0 atom stereocenters. The summed E-state index contributed by atoms with van der Waals surface area (Å²) < 4.78 is 10.5. The minimum Gasteiger partial charge on any atom is -0.493 e. The van der Waals surface area contributed by atoms with Crippen LogP contribution in [-0.2, 0) is 0 Å². The minimum atomic E-state index is 0.713. The van der Waals surface area contributed by atoms with E-state index in [4.69, 9.17) is 21.1 Å². The highest BCUT2D eigenvalue weighted by atomic mass is 35.5. The smallest absolute Gasteiger partial charge is 0.161 e. The van der Waals surface area contributed by atoms with Crippen molar-refractivity contribution in [3.05, 3.63) is 47.5 Å². The first-order chi connectivity index (χ1) is 8.24. The second-order valence-electron chi connectivity index (χ2n) is 3.58. The second-order valence-corrected chi connectivity index (χ2v) is 4.02. The van der Waals surface area contributed by atoms with Gasteiger partial charge in [-0.05, 0) is 35.4 Å². The van der Waals surface area contributed by atoms with Crippen LogP contribution in [0.2, 0.25) is 5.02 Å². The Kier molecular flexibility index (Phi) is 3.55. The summed E-state index contributed by atoms with van der Waals surface area (Å²) in [6.45, 7) is 0. The summed E-state index contributed by atoms with van der Waals surface area (Å²) in [7, 11) is 3.25. The van der Waals surface area contributed by atoms with Gasteiger partial charge in [0.1, 0.15) is 0 Å². The molecule has 2 nitrogen and oxygen atoms in total. The van der Waals surface area contributed by atoms with Crippen molar-refractivity contribution >= 4 is 11.6 Å². The third kappa shape index (κ3) is 2.53. The standard InChI is InChI=1S/C14H13ClO2/c1-16-13-7-6-11(9-14(13)17-2)10-4-3-5-12(15)8-10/h3-9H,1-2H3. The minimum absolute atomic E-state index is 0.713. The third-order valence-electron chi connectivity index (χ3n) is 2.54. The first kappa shape index (κ1) is 11.8. The molecule has 0 aliphatic rings. The fraction of sp³-hybridized carbons (Fsp3) is 0.143. The zero-order chi connectivity index (χ0) is 12.3. The monoisotopic (exact) mass is 248 g/mol. The molecule has 2 rings (SSSR count). The van der Waals surface area contributed by atoms with Crippen LogP contribution in [0.3, 0.4) is 0 Å². The van der Waals surface area contributed by atoms with Crippen molar-refractivity contribution in [3.8, 4) is 22.6 Å². The van der Waals surface area contributed by atoms with Crippen LogP contribution in [0, 0.1) is 0 Å². The van der Waals surface area contributed by atoms with Crippen molar-refractivity contribution < 1.29 is 9.47 Å². The molecule has 0 aliphatic heterocycles. The highest BCUT2D eigenvalue weighted by Crippen LogP contribution is 2.32. The van der Waals surface area contributed by atoms with Crippen LogP contribution in [-0.4, -0.2) is 14.2 Å². The Morgan fingerprint density at radius 3 is 2.18 bits per heavy atom. The van der Waals surface area contributed by atoms with Crippen molar-refractivity contribution in [2.45, 2.75) is 0 Å². The van der Waals surface area contributed by atoms with Crippen LogP contribution in [0.25, 0.3) is 11.1 Å². The van der Waals surface area contributed by atoms with Crippen LogP contribution < -0.4 is 9.47 Å². The molecule has 0 N–H and O–H groups in total. The number of ether oxygens (including phenoxy) is 2. The zero-order valence-corrected chi connectivity index (χ0v) is 10.5. The van der Waals surface area contributed by atoms with E-state index in [1.165, 1.54) is 0 Å². The van der Waals surface area contributed by atoms with Gasteiger partial charge < -0.3 is 9.47 Å². The molecule has 0 spiro atoms. The van der Waals surface area contributed by atoms with E-state index in [-0.39, 0.29) is 0 Å². The lowest BCUT2D eigenvalue weighted by atomic mass is 10.1. The van der Waals surface area contributed by atoms with Crippen LogP contribution >= 0.6 is 11.6 Å². The molecule has 2 aromatic carbocycles. The van der Waals surface area contributed by atoms with Crippen molar-refractivity contribution in [3.63, 3.8) is 0 Å². The highest BCUT2D eigenvalue weighted by Gasteiger charge is 2.06. The van der Waals surface area contributed by atoms with E-state index < -0.39 is 0 Å². The first-order valence-corrected chi connectivity index (χ1v) is 5.60. The number of halogens is 1. The van der Waals surface area contributed by atoms with Crippen molar-refractivity contribution in [2.24, 2.45) is 0 Å². The second kappa shape index (κ2) is 5.11. The van der Waals surface area contributed by atoms with Gasteiger partial charge in [0.05, 0.1) is 14.2 Å². The fourth-order valence-electron chi connectivity index (χ4n) is 1.68. The summed E-state index contributed by atoms with van der Waals surface area (Å²) in [4.78, 5) is 0. The van der Waals surface area contributed by atoms with Gasteiger partial charge >= 0.3 is 0 Å². The lowest BCUT2D eigenvalue weighted by Gasteiger charge is -2.09. The van der Waals surface area contributed by atoms with E-state index in [9.17, 15) is 0 Å². The van der Waals surface area contributed by atoms with Crippen LogP contribution in [0.5, 0.6) is 11.5 Å². The molecular weight excluding hydrogens is 236 g/mol. The maximum absolute atomic E-state index is 5.97. The molecule has 0 aromatic heterocycles. The van der Waals surface area contributed by atoms with E-state index in [0.717, 1.165) is 21.9 Å². The quantitative estimate of drug-likeness (QED) is 0.817. The van der Waals surface area contributed by atoms with Gasteiger partial charge in [-0.2, -0.15) is 0 Å². The Balaban J connectivity index is 2.46. The van der Waals surface area contributed by atoms with Gasteiger partial charge in [-0.25, -0.2) is 0 Å². The molecule has 0 fully saturated rings. The van der Waals surface area contributed by atoms with Gasteiger partial charge in [-0.15, -0.1) is 0 Å². The highest BCUT2D eigenvalue weighted by molar-refractivity contribution is 6.30. The third-order valence-corrected chi connectivity index (χ3v) is 2.78. The molecule has 0 bridgehead atoms. The molecule has 17 heavy (non-hydrogen) atoms. The van der Waals surface area contributed by atoms with Crippen molar-refractivity contribution in [1.82, 2.24) is 0 Å². The molecule has 0 unspecified atom stereocenters. The summed E-state index contributed by atoms with van der Waals surface area (Å²) in [6, 6.07) is 13.5. The molecule has 0 radical (unpaired) electrons. The van der Waals surface area contributed by atoms with Gasteiger partial charge in [0.25, 0.3) is 0 Å². The Labute approximate surface area is 106 Å². The molecule has 3 heteroatoms. The lowest BCUT2D eigenvalue weighted by Crippen LogP contribution is -1.90. The maximum atomic E-state index is 5.97. The zero-order valence-electron chi connectivity index (χ0n) is 9.74. The van der Waals surface area contributed by atoms with Crippen LogP contribution in [0.1, 0.15) is 0 Å². The number of methoxy groups -OCH3 is 2. The van der Waals surface area contributed by atoms with Crippen molar-refractivity contribution in [2.75, 3.05) is 14.2 Å². The normalized spacial score (nSPS) is 10.1. The average molecular weight is 249 g/mol. The van der Waals surface area contributed by atoms with Gasteiger partial charge in [0.2, 0.25) is 0 Å². The van der Waals surface area contributed by atoms with E-state index >= 15 is 0 Å². The van der Waals surface area contributed by atoms with Gasteiger partial charge in [0, 0.05) is 5.02 Å². The van der Waals surface area contributed by atoms with Gasteiger partial charge in [0.15, 0.2) is 11.5 Å². The summed E-state index contributed by atoms with van der Waals surface area (Å²) in [5.41, 5.74) is 2.10. The molecule has 2 aromatic rings. The molecule has 0 amide bonds.